The van der Waals surface area contributed by atoms with Gasteiger partial charge in [-0.25, -0.2) is 0 Å². The summed E-state index contributed by atoms with van der Waals surface area (Å²) in [6, 6.07) is 20.9. The lowest BCUT2D eigenvalue weighted by Gasteiger charge is -2.17. The van der Waals surface area contributed by atoms with E-state index in [9.17, 15) is 18.0 Å². The Morgan fingerprint density at radius 1 is 0.966 bits per heavy atom. The van der Waals surface area contributed by atoms with Gasteiger partial charge in [0.2, 0.25) is 0 Å². The largest absolute Gasteiger partial charge is 0.416 e. The highest BCUT2D eigenvalue weighted by Crippen LogP contribution is 2.34. The number of hydrogen-bond donors (Lipinski definition) is 2. The van der Waals surface area contributed by atoms with Gasteiger partial charge in [0.1, 0.15) is 6.54 Å². The molecule has 3 aromatic rings. The number of rotatable bonds is 6. The molecule has 3 nitrogen and oxygen atoms in total. The van der Waals surface area contributed by atoms with E-state index in [2.05, 4.69) is 5.32 Å². The SMILES string of the molecule is O=C(Nc1cc(C(F)(F)F)ccc1Cl)[C@@H]([NH2+]Cc1ccccc1)c1ccccc1. The first-order valence-electron chi connectivity index (χ1n) is 8.94. The van der Waals surface area contributed by atoms with E-state index in [1.54, 1.807) is 12.1 Å². The molecule has 150 valence electrons. The Labute approximate surface area is 171 Å². The lowest BCUT2D eigenvalue weighted by molar-refractivity contribution is -0.697. The van der Waals surface area contributed by atoms with Gasteiger partial charge in [-0.15, -0.1) is 0 Å². The number of halogens is 4. The van der Waals surface area contributed by atoms with Crippen LogP contribution in [0.4, 0.5) is 18.9 Å². The summed E-state index contributed by atoms with van der Waals surface area (Å²) in [5.74, 6) is -0.451. The molecule has 0 unspecified atom stereocenters. The fraction of sp³-hybridized carbons (Fsp3) is 0.136. The van der Waals surface area contributed by atoms with E-state index in [0.29, 0.717) is 6.54 Å². The van der Waals surface area contributed by atoms with E-state index in [-0.39, 0.29) is 10.7 Å². The van der Waals surface area contributed by atoms with E-state index in [0.717, 1.165) is 29.3 Å². The molecule has 0 bridgehead atoms. The Bertz CT molecular complexity index is 963. The third-order valence-electron chi connectivity index (χ3n) is 4.42. The van der Waals surface area contributed by atoms with Crippen LogP contribution in [0.2, 0.25) is 5.02 Å². The summed E-state index contributed by atoms with van der Waals surface area (Å²) in [6.07, 6.45) is -4.53. The van der Waals surface area contributed by atoms with Gasteiger partial charge in [0.25, 0.3) is 5.91 Å². The number of anilines is 1. The van der Waals surface area contributed by atoms with Crippen LogP contribution >= 0.6 is 11.6 Å². The number of carbonyl (C=O) groups excluding carboxylic acids is 1. The standard InChI is InChI=1S/C22H18ClF3N2O/c23-18-12-11-17(22(24,25)26)13-19(18)28-21(29)20(16-9-5-2-6-10-16)27-14-15-7-3-1-4-8-15/h1-13,20,27H,14H2,(H,28,29)/p+1/t20-/m0/s1. The average molecular weight is 420 g/mol. The third-order valence-corrected chi connectivity index (χ3v) is 4.75. The molecular formula is C22H19ClF3N2O+. The summed E-state index contributed by atoms with van der Waals surface area (Å²) < 4.78 is 39.0. The molecular weight excluding hydrogens is 401 g/mol. The normalized spacial score (nSPS) is 12.4. The van der Waals surface area contributed by atoms with Crippen molar-refractivity contribution in [2.45, 2.75) is 18.8 Å². The average Bonchev–Trinajstić information content (AvgIpc) is 2.70. The molecule has 3 rings (SSSR count). The molecule has 0 spiro atoms. The summed E-state index contributed by atoms with van der Waals surface area (Å²) >= 11 is 6.02. The highest BCUT2D eigenvalue weighted by molar-refractivity contribution is 6.33. The van der Waals surface area contributed by atoms with E-state index in [1.807, 2.05) is 53.8 Å². The molecule has 1 amide bonds. The molecule has 0 saturated heterocycles. The molecule has 0 fully saturated rings. The molecule has 1 atom stereocenters. The zero-order chi connectivity index (χ0) is 20.9. The van der Waals surface area contributed by atoms with E-state index in [1.165, 1.54) is 0 Å². The van der Waals surface area contributed by atoms with Gasteiger partial charge in [-0.2, -0.15) is 13.2 Å². The zero-order valence-electron chi connectivity index (χ0n) is 15.3. The highest BCUT2D eigenvalue weighted by Gasteiger charge is 2.32. The Morgan fingerprint density at radius 3 is 2.21 bits per heavy atom. The summed E-state index contributed by atoms with van der Waals surface area (Å²) in [5.41, 5.74) is 0.824. The van der Waals surface area contributed by atoms with Crippen molar-refractivity contribution in [3.63, 3.8) is 0 Å². The van der Waals surface area contributed by atoms with Crippen molar-refractivity contribution in [3.8, 4) is 0 Å². The minimum Gasteiger partial charge on any atom is -0.328 e. The number of hydrogen-bond acceptors (Lipinski definition) is 1. The summed E-state index contributed by atoms with van der Waals surface area (Å²) in [7, 11) is 0. The molecule has 3 N–H and O–H groups in total. The number of carbonyl (C=O) groups is 1. The first-order valence-corrected chi connectivity index (χ1v) is 9.32. The van der Waals surface area contributed by atoms with Gasteiger partial charge in [-0.1, -0.05) is 72.3 Å². The van der Waals surface area contributed by atoms with Crippen LogP contribution < -0.4 is 10.6 Å². The van der Waals surface area contributed by atoms with E-state index >= 15 is 0 Å². The zero-order valence-corrected chi connectivity index (χ0v) is 16.0. The maximum absolute atomic E-state index is 13.0. The van der Waals surface area contributed by atoms with Gasteiger partial charge in [-0.05, 0) is 18.2 Å². The summed E-state index contributed by atoms with van der Waals surface area (Å²) in [4.78, 5) is 13.0. The predicted octanol–water partition coefficient (Wildman–Crippen LogP) is 4.80. The molecule has 0 aliphatic rings. The van der Waals surface area contributed by atoms with Gasteiger partial charge in [0.05, 0.1) is 16.3 Å². The van der Waals surface area contributed by atoms with Crippen molar-refractivity contribution in [3.05, 3.63) is 101 Å². The Hall–Kier alpha value is -2.83. The van der Waals surface area contributed by atoms with Crippen molar-refractivity contribution >= 4 is 23.2 Å². The maximum atomic E-state index is 13.0. The van der Waals surface area contributed by atoms with Gasteiger partial charge < -0.3 is 10.6 Å². The van der Waals surface area contributed by atoms with Crippen molar-refractivity contribution in [1.82, 2.24) is 0 Å². The Balaban J connectivity index is 1.83. The number of benzene rings is 3. The topological polar surface area (TPSA) is 45.7 Å². The van der Waals surface area contributed by atoms with Crippen LogP contribution in [0.1, 0.15) is 22.7 Å². The second-order valence-corrected chi connectivity index (χ2v) is 6.90. The third kappa shape index (κ3) is 5.59. The minimum atomic E-state index is -4.53. The summed E-state index contributed by atoms with van der Waals surface area (Å²) in [6.45, 7) is 0.532. The van der Waals surface area contributed by atoms with Crippen LogP contribution in [-0.2, 0) is 17.5 Å². The monoisotopic (exact) mass is 419 g/mol. The minimum absolute atomic E-state index is 0.0428. The second kappa shape index (κ2) is 9.11. The molecule has 0 aromatic heterocycles. The van der Waals surface area contributed by atoms with Crippen LogP contribution in [0, 0.1) is 0 Å². The molecule has 0 heterocycles. The molecule has 0 radical (unpaired) electrons. The van der Waals surface area contributed by atoms with Crippen molar-refractivity contribution in [2.24, 2.45) is 0 Å². The van der Waals surface area contributed by atoms with Crippen LogP contribution in [0.25, 0.3) is 0 Å². The van der Waals surface area contributed by atoms with Crippen LogP contribution in [0.5, 0.6) is 0 Å². The molecule has 0 saturated carbocycles. The lowest BCUT2D eigenvalue weighted by atomic mass is 10.1. The Kier molecular flexibility index (Phi) is 6.56. The van der Waals surface area contributed by atoms with Crippen molar-refractivity contribution in [1.29, 1.82) is 0 Å². The number of alkyl halides is 3. The smallest absolute Gasteiger partial charge is 0.328 e. The van der Waals surface area contributed by atoms with Crippen molar-refractivity contribution in [2.75, 3.05) is 5.32 Å². The first-order chi connectivity index (χ1) is 13.8. The number of nitrogens with one attached hydrogen (secondary N) is 1. The fourth-order valence-corrected chi connectivity index (χ4v) is 3.10. The molecule has 3 aromatic carbocycles. The number of quaternary nitrogens is 1. The molecule has 0 aliphatic heterocycles. The second-order valence-electron chi connectivity index (χ2n) is 6.50. The van der Waals surface area contributed by atoms with Gasteiger partial charge in [0.15, 0.2) is 6.04 Å². The van der Waals surface area contributed by atoms with Crippen LogP contribution in [0.15, 0.2) is 78.9 Å². The molecule has 0 aliphatic carbocycles. The fourth-order valence-electron chi connectivity index (χ4n) is 2.93. The van der Waals surface area contributed by atoms with Gasteiger partial charge >= 0.3 is 6.18 Å². The van der Waals surface area contributed by atoms with Gasteiger partial charge in [-0.3, -0.25) is 4.79 Å². The number of nitrogens with two attached hydrogens (primary N) is 1. The molecule has 7 heteroatoms. The Morgan fingerprint density at radius 2 is 1.59 bits per heavy atom. The predicted molar refractivity (Wildman–Crippen MR) is 106 cm³/mol. The summed E-state index contributed by atoms with van der Waals surface area (Å²) in [5, 5.41) is 4.43. The van der Waals surface area contributed by atoms with Gasteiger partial charge in [0, 0.05) is 11.1 Å². The quantitative estimate of drug-likeness (QED) is 0.592. The van der Waals surface area contributed by atoms with E-state index in [4.69, 9.17) is 11.6 Å². The van der Waals surface area contributed by atoms with Crippen LogP contribution in [0.3, 0.4) is 0 Å². The first kappa shape index (κ1) is 20.9. The van der Waals surface area contributed by atoms with E-state index < -0.39 is 23.7 Å². The number of amides is 1. The molecule has 29 heavy (non-hydrogen) atoms. The highest BCUT2D eigenvalue weighted by atomic mass is 35.5. The maximum Gasteiger partial charge on any atom is 0.416 e. The van der Waals surface area contributed by atoms with Crippen molar-refractivity contribution < 1.29 is 23.3 Å². The lowest BCUT2D eigenvalue weighted by Crippen LogP contribution is -2.85. The van der Waals surface area contributed by atoms with Crippen LogP contribution in [-0.4, -0.2) is 5.91 Å².